The van der Waals surface area contributed by atoms with Gasteiger partial charge in [-0.25, -0.2) is 0 Å². The third kappa shape index (κ3) is 3.08. The summed E-state index contributed by atoms with van der Waals surface area (Å²) >= 11 is 0. The van der Waals surface area contributed by atoms with Gasteiger partial charge < -0.3 is 5.32 Å². The molecule has 2 N–H and O–H groups in total. The van der Waals surface area contributed by atoms with Crippen LogP contribution in [0.4, 0.5) is 0 Å². The first kappa shape index (κ1) is 11.2. The van der Waals surface area contributed by atoms with Crippen molar-refractivity contribution in [3.05, 3.63) is 17.5 Å². The molecule has 1 amide bonds. The highest BCUT2D eigenvalue weighted by Crippen LogP contribution is 2.27. The molecular formula is C12H19N3O. The van der Waals surface area contributed by atoms with Crippen molar-refractivity contribution in [1.82, 2.24) is 15.5 Å². The number of aromatic nitrogens is 2. The van der Waals surface area contributed by atoms with Gasteiger partial charge >= 0.3 is 0 Å². The van der Waals surface area contributed by atoms with Crippen molar-refractivity contribution in [2.24, 2.45) is 11.8 Å². The monoisotopic (exact) mass is 221 g/mol. The Balaban J connectivity index is 1.86. The maximum absolute atomic E-state index is 11.7. The highest BCUT2D eigenvalue weighted by atomic mass is 16.1. The molecule has 1 fully saturated rings. The molecule has 4 nitrogen and oxygen atoms in total. The number of carbonyl (C=O) groups is 1. The Bertz CT molecular complexity index is 366. The fourth-order valence-electron chi connectivity index (χ4n) is 1.67. The standard InChI is InChI=1S/C12H19N3O/c1-8(2)5-10-6-11(15-14-10)12(16)13-7-9-3-4-9/h6,8-9H,3-5,7H2,1-2H3,(H,13,16)(H,14,15). The van der Waals surface area contributed by atoms with Crippen LogP contribution >= 0.6 is 0 Å². The molecule has 2 rings (SSSR count). The maximum atomic E-state index is 11.7. The van der Waals surface area contributed by atoms with Crippen molar-refractivity contribution >= 4 is 5.91 Å². The van der Waals surface area contributed by atoms with E-state index in [4.69, 9.17) is 0 Å². The molecule has 0 bridgehead atoms. The van der Waals surface area contributed by atoms with Crippen molar-refractivity contribution in [1.29, 1.82) is 0 Å². The van der Waals surface area contributed by atoms with Gasteiger partial charge in [-0.3, -0.25) is 9.89 Å². The first-order valence-corrected chi connectivity index (χ1v) is 5.97. The van der Waals surface area contributed by atoms with E-state index in [0.29, 0.717) is 17.5 Å². The van der Waals surface area contributed by atoms with Crippen molar-refractivity contribution in [2.75, 3.05) is 6.54 Å². The number of aromatic amines is 1. The van der Waals surface area contributed by atoms with Gasteiger partial charge in [-0.2, -0.15) is 5.10 Å². The second-order valence-electron chi connectivity index (χ2n) is 5.03. The lowest BCUT2D eigenvalue weighted by atomic mass is 10.1. The van der Waals surface area contributed by atoms with Crippen LogP contribution in [0.2, 0.25) is 0 Å². The van der Waals surface area contributed by atoms with Crippen molar-refractivity contribution in [3.8, 4) is 0 Å². The minimum Gasteiger partial charge on any atom is -0.350 e. The van der Waals surface area contributed by atoms with Crippen LogP contribution in [-0.4, -0.2) is 22.6 Å². The van der Waals surface area contributed by atoms with E-state index >= 15 is 0 Å². The predicted octanol–water partition coefficient (Wildman–Crippen LogP) is 1.75. The van der Waals surface area contributed by atoms with E-state index in [2.05, 4.69) is 29.4 Å². The minimum atomic E-state index is -0.0573. The lowest BCUT2D eigenvalue weighted by molar-refractivity contribution is 0.0947. The Labute approximate surface area is 95.8 Å². The van der Waals surface area contributed by atoms with Gasteiger partial charge in [0, 0.05) is 12.2 Å². The highest BCUT2D eigenvalue weighted by Gasteiger charge is 2.22. The number of H-pyrrole nitrogens is 1. The Morgan fingerprint density at radius 3 is 3.00 bits per heavy atom. The summed E-state index contributed by atoms with van der Waals surface area (Å²) in [5.41, 5.74) is 1.54. The lowest BCUT2D eigenvalue weighted by Gasteiger charge is -2.00. The molecule has 0 unspecified atom stereocenters. The van der Waals surface area contributed by atoms with Crippen LogP contribution in [0.5, 0.6) is 0 Å². The Morgan fingerprint density at radius 1 is 1.62 bits per heavy atom. The van der Waals surface area contributed by atoms with E-state index in [9.17, 15) is 4.79 Å². The number of nitrogens with one attached hydrogen (secondary N) is 2. The van der Waals surface area contributed by atoms with Gasteiger partial charge in [-0.05, 0) is 37.2 Å². The van der Waals surface area contributed by atoms with Crippen LogP contribution in [0.25, 0.3) is 0 Å². The second kappa shape index (κ2) is 4.68. The average molecular weight is 221 g/mol. The zero-order valence-corrected chi connectivity index (χ0v) is 9.92. The topological polar surface area (TPSA) is 57.8 Å². The molecule has 0 atom stereocenters. The summed E-state index contributed by atoms with van der Waals surface area (Å²) in [4.78, 5) is 11.7. The quantitative estimate of drug-likeness (QED) is 0.795. The second-order valence-corrected chi connectivity index (χ2v) is 5.03. The lowest BCUT2D eigenvalue weighted by Crippen LogP contribution is -2.25. The summed E-state index contributed by atoms with van der Waals surface area (Å²) in [7, 11) is 0. The Morgan fingerprint density at radius 2 is 2.38 bits per heavy atom. The zero-order chi connectivity index (χ0) is 11.5. The molecule has 1 aromatic heterocycles. The first-order valence-electron chi connectivity index (χ1n) is 5.97. The molecule has 0 aromatic carbocycles. The molecule has 0 radical (unpaired) electrons. The van der Waals surface area contributed by atoms with E-state index in [1.54, 1.807) is 0 Å². The Kier molecular flexibility index (Phi) is 3.27. The van der Waals surface area contributed by atoms with Gasteiger partial charge in [-0.15, -0.1) is 0 Å². The summed E-state index contributed by atoms with van der Waals surface area (Å²) < 4.78 is 0. The van der Waals surface area contributed by atoms with E-state index in [1.807, 2.05) is 6.07 Å². The largest absolute Gasteiger partial charge is 0.350 e. The van der Waals surface area contributed by atoms with Crippen LogP contribution in [-0.2, 0) is 6.42 Å². The average Bonchev–Trinajstić information content (AvgIpc) is 2.94. The third-order valence-electron chi connectivity index (χ3n) is 2.74. The van der Waals surface area contributed by atoms with Gasteiger partial charge in [0.1, 0.15) is 5.69 Å². The molecular weight excluding hydrogens is 202 g/mol. The van der Waals surface area contributed by atoms with Crippen LogP contribution in [0.15, 0.2) is 6.07 Å². The molecule has 1 aromatic rings. The number of rotatable bonds is 5. The zero-order valence-electron chi connectivity index (χ0n) is 9.92. The predicted molar refractivity (Wildman–Crippen MR) is 62.2 cm³/mol. The van der Waals surface area contributed by atoms with E-state index in [0.717, 1.165) is 18.7 Å². The van der Waals surface area contributed by atoms with Gasteiger partial charge in [0.15, 0.2) is 0 Å². The molecule has 1 aliphatic rings. The van der Waals surface area contributed by atoms with Crippen LogP contribution in [0.3, 0.4) is 0 Å². The molecule has 1 heterocycles. The number of carbonyl (C=O) groups excluding carboxylic acids is 1. The van der Waals surface area contributed by atoms with Crippen molar-refractivity contribution in [3.63, 3.8) is 0 Å². The minimum absolute atomic E-state index is 0.0573. The van der Waals surface area contributed by atoms with Crippen molar-refractivity contribution in [2.45, 2.75) is 33.1 Å². The SMILES string of the molecule is CC(C)Cc1cc(C(=O)NCC2CC2)n[nH]1. The van der Waals surface area contributed by atoms with E-state index < -0.39 is 0 Å². The number of hydrogen-bond acceptors (Lipinski definition) is 2. The molecule has 88 valence electrons. The number of amides is 1. The molecule has 0 spiro atoms. The van der Waals surface area contributed by atoms with Gasteiger partial charge in [0.2, 0.25) is 0 Å². The molecule has 1 aliphatic carbocycles. The summed E-state index contributed by atoms with van der Waals surface area (Å²) in [5, 5.41) is 9.85. The summed E-state index contributed by atoms with van der Waals surface area (Å²) in [6.45, 7) is 5.09. The number of hydrogen-bond donors (Lipinski definition) is 2. The van der Waals surface area contributed by atoms with E-state index in [-0.39, 0.29) is 5.91 Å². The van der Waals surface area contributed by atoms with Gasteiger partial charge in [0.05, 0.1) is 0 Å². The third-order valence-corrected chi connectivity index (χ3v) is 2.74. The molecule has 0 aliphatic heterocycles. The molecule has 0 saturated heterocycles. The fourth-order valence-corrected chi connectivity index (χ4v) is 1.67. The van der Waals surface area contributed by atoms with Gasteiger partial charge in [0.25, 0.3) is 5.91 Å². The summed E-state index contributed by atoms with van der Waals surface area (Å²) in [6.07, 6.45) is 3.43. The normalized spacial score (nSPS) is 15.4. The first-order chi connectivity index (χ1) is 7.65. The molecule has 4 heteroatoms. The summed E-state index contributed by atoms with van der Waals surface area (Å²) in [6, 6.07) is 1.85. The highest BCUT2D eigenvalue weighted by molar-refractivity contribution is 5.92. The fraction of sp³-hybridized carbons (Fsp3) is 0.667. The van der Waals surface area contributed by atoms with Crippen LogP contribution in [0.1, 0.15) is 42.9 Å². The molecule has 16 heavy (non-hydrogen) atoms. The Hall–Kier alpha value is -1.32. The summed E-state index contributed by atoms with van der Waals surface area (Å²) in [5.74, 6) is 1.22. The molecule has 1 saturated carbocycles. The van der Waals surface area contributed by atoms with Gasteiger partial charge in [-0.1, -0.05) is 13.8 Å². The van der Waals surface area contributed by atoms with Crippen molar-refractivity contribution < 1.29 is 4.79 Å². The van der Waals surface area contributed by atoms with Crippen LogP contribution in [0, 0.1) is 11.8 Å². The smallest absolute Gasteiger partial charge is 0.271 e. The maximum Gasteiger partial charge on any atom is 0.271 e. The van der Waals surface area contributed by atoms with Crippen LogP contribution < -0.4 is 5.32 Å². The number of nitrogens with zero attached hydrogens (tertiary/aromatic N) is 1. The van der Waals surface area contributed by atoms with E-state index in [1.165, 1.54) is 12.8 Å².